The topological polar surface area (TPSA) is 35.2 Å². The Morgan fingerprint density at radius 1 is 1.38 bits per heavy atom. The van der Waals surface area contributed by atoms with E-state index in [2.05, 4.69) is 22.0 Å². The monoisotopic (exact) mass is 301 g/mol. The fourth-order valence-electron chi connectivity index (χ4n) is 1.75. The summed E-state index contributed by atoms with van der Waals surface area (Å²) in [5, 5.41) is 0. The van der Waals surface area contributed by atoms with E-state index >= 15 is 0 Å². The largest absolute Gasteiger partial charge is 0.399 e. The zero-order valence-electron chi connectivity index (χ0n) is 9.12. The van der Waals surface area contributed by atoms with Gasteiger partial charge in [-0.05, 0) is 52.9 Å². The summed E-state index contributed by atoms with van der Waals surface area (Å²) < 4.78 is 6.46. The summed E-state index contributed by atoms with van der Waals surface area (Å²) in [6.45, 7) is 1.85. The maximum absolute atomic E-state index is 5.71. The third-order valence-electron chi connectivity index (χ3n) is 2.77. The van der Waals surface area contributed by atoms with Crippen molar-refractivity contribution in [3.63, 3.8) is 0 Å². The van der Waals surface area contributed by atoms with Crippen LogP contribution in [0.5, 0.6) is 0 Å². The first kappa shape index (κ1) is 12.3. The lowest BCUT2D eigenvalue weighted by Gasteiger charge is -2.21. The van der Waals surface area contributed by atoms with Crippen molar-refractivity contribution in [3.8, 4) is 0 Å². The Balaban J connectivity index is 1.88. The molecule has 2 nitrogen and oxygen atoms in total. The van der Waals surface area contributed by atoms with Crippen LogP contribution in [0.1, 0.15) is 12.8 Å². The number of ether oxygens (including phenoxy) is 1. The molecule has 0 amide bonds. The SMILES string of the molecule is Nc1ccc(SCC2CCOCC2)c(Br)c1. The van der Waals surface area contributed by atoms with Gasteiger partial charge in [0.05, 0.1) is 0 Å². The number of nitrogen functional groups attached to an aromatic ring is 1. The normalized spacial score (nSPS) is 17.6. The van der Waals surface area contributed by atoms with Crippen LogP contribution in [0, 0.1) is 5.92 Å². The summed E-state index contributed by atoms with van der Waals surface area (Å²) in [4.78, 5) is 1.28. The number of thioether (sulfide) groups is 1. The average Bonchev–Trinajstić information content (AvgIpc) is 2.29. The molecule has 16 heavy (non-hydrogen) atoms. The third-order valence-corrected chi connectivity index (χ3v) is 4.99. The summed E-state index contributed by atoms with van der Waals surface area (Å²) >= 11 is 5.45. The molecule has 2 N–H and O–H groups in total. The first-order valence-electron chi connectivity index (χ1n) is 5.51. The Kier molecular flexibility index (Phi) is 4.55. The van der Waals surface area contributed by atoms with Gasteiger partial charge in [-0.1, -0.05) is 0 Å². The van der Waals surface area contributed by atoms with Gasteiger partial charge in [0.15, 0.2) is 0 Å². The number of hydrogen-bond acceptors (Lipinski definition) is 3. The van der Waals surface area contributed by atoms with E-state index in [1.807, 2.05) is 23.9 Å². The molecule has 0 bridgehead atoms. The second-order valence-electron chi connectivity index (χ2n) is 4.06. The molecule has 1 aliphatic rings. The van der Waals surface area contributed by atoms with Crippen molar-refractivity contribution < 1.29 is 4.74 Å². The molecule has 88 valence electrons. The lowest BCUT2D eigenvalue weighted by Crippen LogP contribution is -2.17. The highest BCUT2D eigenvalue weighted by atomic mass is 79.9. The predicted molar refractivity (Wildman–Crippen MR) is 72.8 cm³/mol. The zero-order chi connectivity index (χ0) is 11.4. The zero-order valence-corrected chi connectivity index (χ0v) is 11.5. The maximum atomic E-state index is 5.71. The number of benzene rings is 1. The van der Waals surface area contributed by atoms with Gasteiger partial charge in [0, 0.05) is 34.0 Å². The molecule has 1 aliphatic heterocycles. The molecule has 1 aromatic carbocycles. The molecule has 1 saturated heterocycles. The highest BCUT2D eigenvalue weighted by molar-refractivity contribution is 9.10. The van der Waals surface area contributed by atoms with E-state index in [0.717, 1.165) is 29.3 Å². The minimum Gasteiger partial charge on any atom is -0.399 e. The van der Waals surface area contributed by atoms with Crippen molar-refractivity contribution in [3.05, 3.63) is 22.7 Å². The Morgan fingerprint density at radius 3 is 2.81 bits per heavy atom. The van der Waals surface area contributed by atoms with Gasteiger partial charge in [0.1, 0.15) is 0 Å². The van der Waals surface area contributed by atoms with Crippen LogP contribution >= 0.6 is 27.7 Å². The third kappa shape index (κ3) is 3.40. The van der Waals surface area contributed by atoms with Gasteiger partial charge in [-0.25, -0.2) is 0 Å². The standard InChI is InChI=1S/C12H16BrNOS/c13-11-7-10(14)1-2-12(11)16-8-9-3-5-15-6-4-9/h1-2,7,9H,3-6,8,14H2. The van der Waals surface area contributed by atoms with Crippen LogP contribution < -0.4 is 5.73 Å². The van der Waals surface area contributed by atoms with Gasteiger partial charge >= 0.3 is 0 Å². The van der Waals surface area contributed by atoms with Gasteiger partial charge < -0.3 is 10.5 Å². The summed E-state index contributed by atoms with van der Waals surface area (Å²) in [5.41, 5.74) is 6.52. The Morgan fingerprint density at radius 2 is 2.12 bits per heavy atom. The molecule has 2 rings (SSSR count). The minimum absolute atomic E-state index is 0.795. The van der Waals surface area contributed by atoms with E-state index in [-0.39, 0.29) is 0 Å². The Hall–Kier alpha value is -0.190. The van der Waals surface area contributed by atoms with Gasteiger partial charge in [0.2, 0.25) is 0 Å². The summed E-state index contributed by atoms with van der Waals surface area (Å²) in [5.74, 6) is 1.97. The fraction of sp³-hybridized carbons (Fsp3) is 0.500. The lowest BCUT2D eigenvalue weighted by atomic mass is 10.0. The molecule has 0 aromatic heterocycles. The molecular formula is C12H16BrNOS. The molecule has 0 spiro atoms. The van der Waals surface area contributed by atoms with Crippen LogP contribution in [0.3, 0.4) is 0 Å². The Bertz CT molecular complexity index is 353. The number of nitrogens with two attached hydrogens (primary N) is 1. The highest BCUT2D eigenvalue weighted by Crippen LogP contribution is 2.32. The van der Waals surface area contributed by atoms with Crippen LogP contribution in [-0.2, 0) is 4.74 Å². The molecule has 1 heterocycles. The number of anilines is 1. The molecule has 1 aromatic rings. The number of rotatable bonds is 3. The summed E-state index contributed by atoms with van der Waals surface area (Å²) in [6, 6.07) is 6.01. The Labute approximate surface area is 109 Å². The van der Waals surface area contributed by atoms with Crippen LogP contribution in [0.4, 0.5) is 5.69 Å². The first-order chi connectivity index (χ1) is 7.75. The molecule has 0 saturated carbocycles. The smallest absolute Gasteiger partial charge is 0.0468 e. The van der Waals surface area contributed by atoms with Crippen molar-refractivity contribution in [2.75, 3.05) is 24.7 Å². The van der Waals surface area contributed by atoms with E-state index in [1.54, 1.807) is 0 Å². The fourth-order valence-corrected chi connectivity index (χ4v) is 3.60. The molecule has 0 unspecified atom stereocenters. The molecule has 1 fully saturated rings. The van der Waals surface area contributed by atoms with E-state index in [0.29, 0.717) is 0 Å². The van der Waals surface area contributed by atoms with Crippen LogP contribution in [0.25, 0.3) is 0 Å². The van der Waals surface area contributed by atoms with Gasteiger partial charge in [-0.3, -0.25) is 0 Å². The summed E-state index contributed by atoms with van der Waals surface area (Å²) in [7, 11) is 0. The molecule has 0 aliphatic carbocycles. The van der Waals surface area contributed by atoms with Crippen LogP contribution in [0.15, 0.2) is 27.6 Å². The minimum atomic E-state index is 0.795. The average molecular weight is 302 g/mol. The van der Waals surface area contributed by atoms with Crippen molar-refractivity contribution in [1.82, 2.24) is 0 Å². The van der Waals surface area contributed by atoms with Gasteiger partial charge in [-0.15, -0.1) is 11.8 Å². The molecule has 0 radical (unpaired) electrons. The number of hydrogen-bond donors (Lipinski definition) is 1. The second-order valence-corrected chi connectivity index (χ2v) is 5.97. The van der Waals surface area contributed by atoms with E-state index in [4.69, 9.17) is 10.5 Å². The van der Waals surface area contributed by atoms with Crippen molar-refractivity contribution in [1.29, 1.82) is 0 Å². The van der Waals surface area contributed by atoms with Crippen molar-refractivity contribution in [2.45, 2.75) is 17.7 Å². The van der Waals surface area contributed by atoms with Crippen LogP contribution in [0.2, 0.25) is 0 Å². The highest BCUT2D eigenvalue weighted by Gasteiger charge is 2.14. The first-order valence-corrected chi connectivity index (χ1v) is 7.29. The predicted octanol–water partition coefficient (Wildman–Crippen LogP) is 3.55. The van der Waals surface area contributed by atoms with E-state index in [1.165, 1.54) is 23.5 Å². The van der Waals surface area contributed by atoms with Crippen molar-refractivity contribution >= 4 is 33.4 Å². The molecule has 4 heteroatoms. The lowest BCUT2D eigenvalue weighted by molar-refractivity contribution is 0.0728. The molecular weight excluding hydrogens is 286 g/mol. The summed E-state index contributed by atoms with van der Waals surface area (Å²) in [6.07, 6.45) is 2.39. The second kappa shape index (κ2) is 5.94. The maximum Gasteiger partial charge on any atom is 0.0468 e. The van der Waals surface area contributed by atoms with Crippen LogP contribution in [-0.4, -0.2) is 19.0 Å². The van der Waals surface area contributed by atoms with Crippen molar-refractivity contribution in [2.24, 2.45) is 5.92 Å². The quantitative estimate of drug-likeness (QED) is 0.685. The molecule has 0 atom stereocenters. The number of halogens is 1. The van der Waals surface area contributed by atoms with E-state index in [9.17, 15) is 0 Å². The van der Waals surface area contributed by atoms with Gasteiger partial charge in [-0.2, -0.15) is 0 Å². The van der Waals surface area contributed by atoms with E-state index < -0.39 is 0 Å². The van der Waals surface area contributed by atoms with Gasteiger partial charge in [0.25, 0.3) is 0 Å².